The SMILES string of the molecule is CCC1CCC(O)C(N2CCC3C(CCCN3C)C2)C1. The van der Waals surface area contributed by atoms with Crippen LogP contribution in [0.3, 0.4) is 0 Å². The first-order chi connectivity index (χ1) is 9.69. The van der Waals surface area contributed by atoms with E-state index in [9.17, 15) is 5.11 Å². The van der Waals surface area contributed by atoms with Crippen LogP contribution in [0.1, 0.15) is 51.9 Å². The Morgan fingerprint density at radius 2 is 1.90 bits per heavy atom. The van der Waals surface area contributed by atoms with Gasteiger partial charge >= 0.3 is 0 Å². The van der Waals surface area contributed by atoms with Crippen molar-refractivity contribution in [3.05, 3.63) is 0 Å². The number of aliphatic hydroxyl groups is 1. The number of aliphatic hydroxyl groups excluding tert-OH is 1. The van der Waals surface area contributed by atoms with E-state index in [-0.39, 0.29) is 6.10 Å². The highest BCUT2D eigenvalue weighted by molar-refractivity contribution is 4.94. The van der Waals surface area contributed by atoms with Gasteiger partial charge in [-0.25, -0.2) is 0 Å². The number of fused-ring (bicyclic) bond motifs is 1. The minimum absolute atomic E-state index is 0.0735. The van der Waals surface area contributed by atoms with Gasteiger partial charge in [0.25, 0.3) is 0 Å². The highest BCUT2D eigenvalue weighted by Gasteiger charge is 2.39. The molecule has 0 spiro atoms. The molecule has 3 nitrogen and oxygen atoms in total. The zero-order valence-electron chi connectivity index (χ0n) is 13.3. The Balaban J connectivity index is 1.63. The van der Waals surface area contributed by atoms with Crippen molar-refractivity contribution in [2.75, 3.05) is 26.7 Å². The number of piperidine rings is 2. The van der Waals surface area contributed by atoms with Gasteiger partial charge in [-0.2, -0.15) is 0 Å². The Hall–Kier alpha value is -0.120. The van der Waals surface area contributed by atoms with Crippen molar-refractivity contribution in [1.82, 2.24) is 9.80 Å². The topological polar surface area (TPSA) is 26.7 Å². The van der Waals surface area contributed by atoms with Gasteiger partial charge in [-0.3, -0.25) is 4.90 Å². The molecule has 5 atom stereocenters. The molecule has 5 unspecified atom stereocenters. The van der Waals surface area contributed by atoms with E-state index in [0.29, 0.717) is 6.04 Å². The highest BCUT2D eigenvalue weighted by atomic mass is 16.3. The van der Waals surface area contributed by atoms with E-state index in [0.717, 1.165) is 24.3 Å². The van der Waals surface area contributed by atoms with Crippen molar-refractivity contribution in [3.63, 3.8) is 0 Å². The predicted octanol–water partition coefficient (Wildman–Crippen LogP) is 2.34. The second-order valence-electron chi connectivity index (χ2n) is 7.46. The second kappa shape index (κ2) is 6.33. The largest absolute Gasteiger partial charge is 0.391 e. The third kappa shape index (κ3) is 2.90. The van der Waals surface area contributed by atoms with Crippen LogP contribution in [0, 0.1) is 11.8 Å². The maximum atomic E-state index is 10.4. The molecule has 0 aromatic heterocycles. The average Bonchev–Trinajstić information content (AvgIpc) is 2.48. The molecule has 0 aromatic carbocycles. The minimum atomic E-state index is -0.0735. The van der Waals surface area contributed by atoms with E-state index in [1.165, 1.54) is 58.2 Å². The lowest BCUT2D eigenvalue weighted by atomic mass is 9.78. The fraction of sp³-hybridized carbons (Fsp3) is 1.00. The molecule has 3 heteroatoms. The molecule has 1 aliphatic carbocycles. The van der Waals surface area contributed by atoms with E-state index in [1.807, 2.05) is 0 Å². The number of hydrogen-bond acceptors (Lipinski definition) is 3. The summed E-state index contributed by atoms with van der Waals surface area (Å²) >= 11 is 0. The fourth-order valence-corrected chi connectivity index (χ4v) is 4.96. The first-order valence-corrected chi connectivity index (χ1v) is 8.81. The summed E-state index contributed by atoms with van der Waals surface area (Å²) in [6.07, 6.45) is 8.75. The van der Waals surface area contributed by atoms with Gasteiger partial charge in [-0.1, -0.05) is 13.3 Å². The molecular formula is C17H32N2O. The summed E-state index contributed by atoms with van der Waals surface area (Å²) in [6, 6.07) is 1.25. The molecule has 20 heavy (non-hydrogen) atoms. The van der Waals surface area contributed by atoms with Crippen LogP contribution in [0.2, 0.25) is 0 Å². The van der Waals surface area contributed by atoms with Crippen LogP contribution in [-0.4, -0.2) is 59.8 Å². The summed E-state index contributed by atoms with van der Waals surface area (Å²) in [5, 5.41) is 10.4. The van der Waals surface area contributed by atoms with Gasteiger partial charge in [0.05, 0.1) is 6.10 Å². The van der Waals surface area contributed by atoms with E-state index >= 15 is 0 Å². The van der Waals surface area contributed by atoms with Gasteiger partial charge in [0.1, 0.15) is 0 Å². The van der Waals surface area contributed by atoms with E-state index in [4.69, 9.17) is 0 Å². The Morgan fingerprint density at radius 1 is 1.05 bits per heavy atom. The number of rotatable bonds is 2. The lowest BCUT2D eigenvalue weighted by molar-refractivity contribution is -0.0413. The lowest BCUT2D eigenvalue weighted by Crippen LogP contribution is -2.57. The molecule has 0 bridgehead atoms. The molecule has 1 saturated carbocycles. The molecular weight excluding hydrogens is 248 g/mol. The van der Waals surface area contributed by atoms with Crippen molar-refractivity contribution < 1.29 is 5.11 Å². The van der Waals surface area contributed by atoms with Crippen molar-refractivity contribution in [3.8, 4) is 0 Å². The average molecular weight is 280 g/mol. The first-order valence-electron chi connectivity index (χ1n) is 8.81. The Kier molecular flexibility index (Phi) is 4.68. The molecule has 0 amide bonds. The Morgan fingerprint density at radius 3 is 2.70 bits per heavy atom. The molecule has 116 valence electrons. The molecule has 2 aliphatic heterocycles. The third-order valence-electron chi connectivity index (χ3n) is 6.31. The zero-order valence-corrected chi connectivity index (χ0v) is 13.3. The summed E-state index contributed by atoms with van der Waals surface area (Å²) in [7, 11) is 2.30. The van der Waals surface area contributed by atoms with Gasteiger partial charge in [0.15, 0.2) is 0 Å². The van der Waals surface area contributed by atoms with Crippen molar-refractivity contribution in [2.45, 2.75) is 70.1 Å². The van der Waals surface area contributed by atoms with Crippen LogP contribution in [0.4, 0.5) is 0 Å². The van der Waals surface area contributed by atoms with E-state index in [1.54, 1.807) is 0 Å². The van der Waals surface area contributed by atoms with Crippen LogP contribution in [0.25, 0.3) is 0 Å². The second-order valence-corrected chi connectivity index (χ2v) is 7.46. The monoisotopic (exact) mass is 280 g/mol. The predicted molar refractivity (Wildman–Crippen MR) is 82.8 cm³/mol. The number of likely N-dealkylation sites (tertiary alicyclic amines) is 2. The van der Waals surface area contributed by atoms with Crippen LogP contribution in [-0.2, 0) is 0 Å². The zero-order chi connectivity index (χ0) is 14.1. The summed E-state index contributed by atoms with van der Waals surface area (Å²) in [5.41, 5.74) is 0. The first kappa shape index (κ1) is 14.8. The summed E-state index contributed by atoms with van der Waals surface area (Å²) in [4.78, 5) is 5.23. The summed E-state index contributed by atoms with van der Waals surface area (Å²) in [6.45, 7) is 6.02. The van der Waals surface area contributed by atoms with Gasteiger partial charge in [0.2, 0.25) is 0 Å². The highest BCUT2D eigenvalue weighted by Crippen LogP contribution is 2.35. The smallest absolute Gasteiger partial charge is 0.0695 e. The molecule has 0 aromatic rings. The van der Waals surface area contributed by atoms with E-state index in [2.05, 4.69) is 23.8 Å². The van der Waals surface area contributed by atoms with Gasteiger partial charge in [0, 0.05) is 25.2 Å². The normalized spacial score (nSPS) is 44.2. The Bertz CT molecular complexity index is 322. The minimum Gasteiger partial charge on any atom is -0.391 e. The van der Waals surface area contributed by atoms with Crippen molar-refractivity contribution >= 4 is 0 Å². The van der Waals surface area contributed by atoms with Crippen LogP contribution >= 0.6 is 0 Å². The number of hydrogen-bond donors (Lipinski definition) is 1. The van der Waals surface area contributed by atoms with Gasteiger partial charge in [-0.15, -0.1) is 0 Å². The molecule has 3 fully saturated rings. The van der Waals surface area contributed by atoms with Gasteiger partial charge in [-0.05, 0) is 64.0 Å². The van der Waals surface area contributed by atoms with Crippen molar-refractivity contribution in [1.29, 1.82) is 0 Å². The molecule has 0 radical (unpaired) electrons. The van der Waals surface area contributed by atoms with Crippen LogP contribution in [0.15, 0.2) is 0 Å². The van der Waals surface area contributed by atoms with Gasteiger partial charge < -0.3 is 10.0 Å². The lowest BCUT2D eigenvalue weighted by Gasteiger charge is -2.50. The fourth-order valence-electron chi connectivity index (χ4n) is 4.96. The van der Waals surface area contributed by atoms with Crippen LogP contribution < -0.4 is 0 Å². The molecule has 1 N–H and O–H groups in total. The molecule has 3 aliphatic rings. The summed E-state index contributed by atoms with van der Waals surface area (Å²) < 4.78 is 0. The molecule has 2 heterocycles. The molecule has 3 rings (SSSR count). The van der Waals surface area contributed by atoms with Crippen molar-refractivity contribution in [2.24, 2.45) is 11.8 Å². The van der Waals surface area contributed by atoms with Crippen LogP contribution in [0.5, 0.6) is 0 Å². The molecule has 2 saturated heterocycles. The maximum Gasteiger partial charge on any atom is 0.0695 e. The third-order valence-corrected chi connectivity index (χ3v) is 6.31. The summed E-state index contributed by atoms with van der Waals surface area (Å²) in [5.74, 6) is 1.69. The van der Waals surface area contributed by atoms with E-state index < -0.39 is 0 Å². The number of nitrogens with zero attached hydrogens (tertiary/aromatic N) is 2. The Labute approximate surface area is 124 Å². The standard InChI is InChI=1S/C17H32N2O/c1-3-13-6-7-17(20)16(11-13)19-10-8-15-14(12-19)5-4-9-18(15)2/h13-17,20H,3-12H2,1-2H3. The quantitative estimate of drug-likeness (QED) is 0.841. The maximum absolute atomic E-state index is 10.4.